The van der Waals surface area contributed by atoms with Crippen LogP contribution in [-0.2, 0) is 24.7 Å². The van der Waals surface area contributed by atoms with Crippen molar-refractivity contribution in [3.63, 3.8) is 0 Å². The van der Waals surface area contributed by atoms with Gasteiger partial charge in [-0.2, -0.15) is 0 Å². The standard InChI is InChI=1S/C23H24/c1-3-13-23(14-4-2)21-12-8-7-11-20(21)17-22(23)15-18-9-5-6-10-19(18)16-22/h3-12H,1-2,13-17H2. The lowest BCUT2D eigenvalue weighted by Crippen LogP contribution is -2.43. The molecule has 1 spiro atoms. The van der Waals surface area contributed by atoms with E-state index < -0.39 is 0 Å². The van der Waals surface area contributed by atoms with E-state index in [9.17, 15) is 0 Å². The highest BCUT2D eigenvalue weighted by molar-refractivity contribution is 5.49. The first kappa shape index (κ1) is 14.5. The van der Waals surface area contributed by atoms with Crippen LogP contribution in [-0.4, -0.2) is 0 Å². The number of allylic oxidation sites excluding steroid dienone is 2. The lowest BCUT2D eigenvalue weighted by molar-refractivity contribution is 0.149. The monoisotopic (exact) mass is 300 g/mol. The molecule has 0 saturated carbocycles. The van der Waals surface area contributed by atoms with Gasteiger partial charge in [-0.15, -0.1) is 13.2 Å². The summed E-state index contributed by atoms with van der Waals surface area (Å²) in [6.45, 7) is 8.19. The molecule has 0 amide bonds. The molecule has 2 aromatic rings. The Balaban J connectivity index is 1.90. The smallest absolute Gasteiger partial charge is 0.00902 e. The second kappa shape index (κ2) is 5.23. The quantitative estimate of drug-likeness (QED) is 0.662. The molecule has 0 unspecified atom stereocenters. The summed E-state index contributed by atoms with van der Waals surface area (Å²) in [7, 11) is 0. The summed E-state index contributed by atoms with van der Waals surface area (Å²) in [6.07, 6.45) is 9.85. The summed E-state index contributed by atoms with van der Waals surface area (Å²) in [6, 6.07) is 18.1. The van der Waals surface area contributed by atoms with Gasteiger partial charge in [0.1, 0.15) is 0 Å². The van der Waals surface area contributed by atoms with Crippen LogP contribution >= 0.6 is 0 Å². The Morgan fingerprint density at radius 3 is 1.78 bits per heavy atom. The van der Waals surface area contributed by atoms with Gasteiger partial charge >= 0.3 is 0 Å². The SMILES string of the molecule is C=CCC1(CC=C)c2ccccc2CC12Cc1ccccc1C2. The zero-order valence-electron chi connectivity index (χ0n) is 13.7. The van der Waals surface area contributed by atoms with Gasteiger partial charge in [0, 0.05) is 5.41 Å². The maximum atomic E-state index is 4.09. The van der Waals surface area contributed by atoms with Crippen molar-refractivity contribution in [2.24, 2.45) is 5.41 Å². The Kier molecular flexibility index (Phi) is 3.30. The van der Waals surface area contributed by atoms with Gasteiger partial charge in [-0.3, -0.25) is 0 Å². The Bertz CT molecular complexity index is 725. The maximum Gasteiger partial charge on any atom is 0.00902 e. The van der Waals surface area contributed by atoms with Crippen molar-refractivity contribution in [1.82, 2.24) is 0 Å². The highest BCUT2D eigenvalue weighted by Crippen LogP contribution is 2.61. The summed E-state index contributed by atoms with van der Waals surface area (Å²) < 4.78 is 0. The molecule has 0 aromatic heterocycles. The molecule has 2 aliphatic carbocycles. The third-order valence-electron chi connectivity index (χ3n) is 6.24. The van der Waals surface area contributed by atoms with Gasteiger partial charge in [-0.25, -0.2) is 0 Å². The number of benzene rings is 2. The van der Waals surface area contributed by atoms with Crippen LogP contribution in [0.3, 0.4) is 0 Å². The van der Waals surface area contributed by atoms with Gasteiger partial charge in [0.05, 0.1) is 0 Å². The predicted molar refractivity (Wildman–Crippen MR) is 97.7 cm³/mol. The van der Waals surface area contributed by atoms with Gasteiger partial charge < -0.3 is 0 Å². The van der Waals surface area contributed by atoms with E-state index >= 15 is 0 Å². The minimum absolute atomic E-state index is 0.145. The van der Waals surface area contributed by atoms with E-state index in [0.717, 1.165) is 12.8 Å². The fourth-order valence-corrected chi connectivity index (χ4v) is 5.35. The maximum absolute atomic E-state index is 4.09. The Hall–Kier alpha value is -2.08. The van der Waals surface area contributed by atoms with Crippen LogP contribution in [0.25, 0.3) is 0 Å². The second-order valence-electron chi connectivity index (χ2n) is 7.30. The minimum atomic E-state index is 0.145. The Morgan fingerprint density at radius 2 is 1.22 bits per heavy atom. The molecule has 0 atom stereocenters. The summed E-state index contributed by atoms with van der Waals surface area (Å²) in [5.41, 5.74) is 6.57. The van der Waals surface area contributed by atoms with Crippen molar-refractivity contribution in [2.45, 2.75) is 37.5 Å². The highest BCUT2D eigenvalue weighted by atomic mass is 14.6. The molecule has 2 aliphatic rings. The van der Waals surface area contributed by atoms with Crippen molar-refractivity contribution in [2.75, 3.05) is 0 Å². The third kappa shape index (κ3) is 1.91. The van der Waals surface area contributed by atoms with Crippen molar-refractivity contribution < 1.29 is 0 Å². The van der Waals surface area contributed by atoms with Crippen LogP contribution in [0.15, 0.2) is 73.8 Å². The molecule has 0 aliphatic heterocycles. The van der Waals surface area contributed by atoms with Gasteiger partial charge in [0.15, 0.2) is 0 Å². The van der Waals surface area contributed by atoms with E-state index in [0.29, 0.717) is 0 Å². The zero-order chi connectivity index (χ0) is 15.9. The van der Waals surface area contributed by atoms with Crippen molar-refractivity contribution in [3.8, 4) is 0 Å². The van der Waals surface area contributed by atoms with Crippen molar-refractivity contribution in [1.29, 1.82) is 0 Å². The van der Waals surface area contributed by atoms with Crippen LogP contribution in [0.4, 0.5) is 0 Å². The average Bonchev–Trinajstić information content (AvgIpc) is 3.05. The summed E-state index contributed by atoms with van der Waals surface area (Å²) in [5, 5.41) is 0. The molecule has 0 heterocycles. The minimum Gasteiger partial charge on any atom is -0.103 e. The lowest BCUT2D eigenvalue weighted by Gasteiger charge is -2.44. The molecule has 0 nitrogen and oxygen atoms in total. The molecule has 0 heteroatoms. The van der Waals surface area contributed by atoms with Crippen LogP contribution in [0.1, 0.15) is 35.1 Å². The molecule has 0 fully saturated rings. The Morgan fingerprint density at radius 1 is 0.739 bits per heavy atom. The van der Waals surface area contributed by atoms with Crippen LogP contribution in [0.5, 0.6) is 0 Å². The van der Waals surface area contributed by atoms with E-state index in [-0.39, 0.29) is 10.8 Å². The van der Waals surface area contributed by atoms with Crippen LogP contribution in [0, 0.1) is 5.41 Å². The zero-order valence-corrected chi connectivity index (χ0v) is 13.7. The van der Waals surface area contributed by atoms with Crippen LogP contribution in [0.2, 0.25) is 0 Å². The number of hydrogen-bond donors (Lipinski definition) is 0. The predicted octanol–water partition coefficient (Wildman–Crippen LogP) is 5.42. The Labute approximate surface area is 139 Å². The van der Waals surface area contributed by atoms with Gasteiger partial charge in [0.25, 0.3) is 0 Å². The molecule has 0 radical (unpaired) electrons. The van der Waals surface area contributed by atoms with E-state index in [1.165, 1.54) is 41.5 Å². The highest BCUT2D eigenvalue weighted by Gasteiger charge is 2.57. The van der Waals surface area contributed by atoms with Crippen molar-refractivity contribution >= 4 is 0 Å². The van der Waals surface area contributed by atoms with Gasteiger partial charge in [-0.05, 0) is 59.8 Å². The third-order valence-corrected chi connectivity index (χ3v) is 6.24. The molecule has 0 bridgehead atoms. The number of hydrogen-bond acceptors (Lipinski definition) is 0. The largest absolute Gasteiger partial charge is 0.103 e. The first-order valence-electron chi connectivity index (χ1n) is 8.62. The molecule has 116 valence electrons. The van der Waals surface area contributed by atoms with E-state index in [4.69, 9.17) is 0 Å². The van der Waals surface area contributed by atoms with E-state index in [1.807, 2.05) is 0 Å². The summed E-state index contributed by atoms with van der Waals surface area (Å²) in [4.78, 5) is 0. The topological polar surface area (TPSA) is 0 Å². The molecule has 2 aromatic carbocycles. The fourth-order valence-electron chi connectivity index (χ4n) is 5.35. The average molecular weight is 300 g/mol. The second-order valence-corrected chi connectivity index (χ2v) is 7.30. The molecular weight excluding hydrogens is 276 g/mol. The molecular formula is C23H24. The number of fused-ring (bicyclic) bond motifs is 2. The first-order valence-corrected chi connectivity index (χ1v) is 8.62. The van der Waals surface area contributed by atoms with E-state index in [1.54, 1.807) is 0 Å². The molecule has 23 heavy (non-hydrogen) atoms. The molecule has 4 rings (SSSR count). The lowest BCUT2D eigenvalue weighted by atomic mass is 9.58. The van der Waals surface area contributed by atoms with Gasteiger partial charge in [0.2, 0.25) is 0 Å². The normalized spacial score (nSPS) is 19.3. The molecule has 0 N–H and O–H groups in total. The van der Waals surface area contributed by atoms with Crippen molar-refractivity contribution in [3.05, 3.63) is 96.1 Å². The van der Waals surface area contributed by atoms with Gasteiger partial charge in [-0.1, -0.05) is 60.7 Å². The first-order chi connectivity index (χ1) is 11.2. The van der Waals surface area contributed by atoms with E-state index in [2.05, 4.69) is 73.8 Å². The summed E-state index contributed by atoms with van der Waals surface area (Å²) in [5.74, 6) is 0. The molecule has 0 saturated heterocycles. The number of rotatable bonds is 4. The summed E-state index contributed by atoms with van der Waals surface area (Å²) >= 11 is 0. The van der Waals surface area contributed by atoms with Crippen LogP contribution < -0.4 is 0 Å². The fraction of sp³-hybridized carbons (Fsp3) is 0.304.